The highest BCUT2D eigenvalue weighted by Crippen LogP contribution is 2.53. The van der Waals surface area contributed by atoms with Crippen LogP contribution in [-0.2, 0) is 24.7 Å². The molecule has 0 unspecified atom stereocenters. The number of methoxy groups -OCH3 is 1. The van der Waals surface area contributed by atoms with Crippen LogP contribution < -0.4 is 10.6 Å². The van der Waals surface area contributed by atoms with Crippen LogP contribution in [0.15, 0.2) is 18.2 Å². The molecule has 2 fully saturated rings. The molecule has 2 saturated heterocycles. The standard InChI is InChI=1S/C20H24FN3O4/c1-10(2)16-14-15(18(26)24(17(14)25)7-4-8-28-3)20(23-16)12-9-11(21)5-6-13(12)22-19(20)27/h5-6,9-10,14-16,23H,4,7-8H2,1-3H3,(H,22,27)/t14-,15-,16-,20-/m0/s1. The summed E-state index contributed by atoms with van der Waals surface area (Å²) < 4.78 is 19.1. The Kier molecular flexibility index (Phi) is 4.50. The van der Waals surface area contributed by atoms with Gasteiger partial charge in [-0.25, -0.2) is 4.39 Å². The van der Waals surface area contributed by atoms with E-state index in [1.165, 1.54) is 23.1 Å². The van der Waals surface area contributed by atoms with Gasteiger partial charge in [-0.15, -0.1) is 0 Å². The van der Waals surface area contributed by atoms with Crippen molar-refractivity contribution < 1.29 is 23.5 Å². The minimum absolute atomic E-state index is 0.00737. The van der Waals surface area contributed by atoms with Crippen LogP contribution in [0.2, 0.25) is 0 Å². The maximum Gasteiger partial charge on any atom is 0.250 e. The predicted octanol–water partition coefficient (Wildman–Crippen LogP) is 1.24. The first kappa shape index (κ1) is 19.0. The molecule has 3 heterocycles. The highest BCUT2D eigenvalue weighted by molar-refractivity contribution is 6.15. The van der Waals surface area contributed by atoms with E-state index < -0.39 is 29.1 Å². The van der Waals surface area contributed by atoms with Crippen molar-refractivity contribution in [3.8, 4) is 0 Å². The molecule has 0 aromatic heterocycles. The normalized spacial score (nSPS) is 31.1. The third-order valence-electron chi connectivity index (χ3n) is 6.15. The number of nitrogens with zero attached hydrogens (tertiary/aromatic N) is 1. The molecule has 0 aliphatic carbocycles. The second-order valence-electron chi connectivity index (χ2n) is 8.04. The summed E-state index contributed by atoms with van der Waals surface area (Å²) in [5.41, 5.74) is -0.560. The Bertz CT molecular complexity index is 858. The van der Waals surface area contributed by atoms with Crippen molar-refractivity contribution in [2.45, 2.75) is 31.8 Å². The molecular formula is C20H24FN3O4. The number of hydrogen-bond acceptors (Lipinski definition) is 5. The number of carbonyl (C=O) groups excluding carboxylic acids is 3. The molecule has 3 aliphatic rings. The molecule has 7 nitrogen and oxygen atoms in total. The fourth-order valence-electron chi connectivity index (χ4n) is 4.93. The number of hydrogen-bond donors (Lipinski definition) is 2. The van der Waals surface area contributed by atoms with Gasteiger partial charge in [0.05, 0.1) is 11.8 Å². The zero-order valence-electron chi connectivity index (χ0n) is 16.1. The number of fused-ring (bicyclic) bond motifs is 4. The fourth-order valence-corrected chi connectivity index (χ4v) is 4.93. The lowest BCUT2D eigenvalue weighted by Crippen LogP contribution is -2.54. The Hall–Kier alpha value is -2.32. The summed E-state index contributed by atoms with van der Waals surface area (Å²) in [7, 11) is 1.56. The molecule has 1 spiro atoms. The van der Waals surface area contributed by atoms with E-state index in [2.05, 4.69) is 10.6 Å². The Labute approximate surface area is 162 Å². The van der Waals surface area contributed by atoms with Crippen LogP contribution in [0.4, 0.5) is 10.1 Å². The summed E-state index contributed by atoms with van der Waals surface area (Å²) in [6.45, 7) is 4.56. The smallest absolute Gasteiger partial charge is 0.250 e. The largest absolute Gasteiger partial charge is 0.385 e. The number of amides is 3. The van der Waals surface area contributed by atoms with Gasteiger partial charge >= 0.3 is 0 Å². The molecule has 0 bridgehead atoms. The van der Waals surface area contributed by atoms with Crippen molar-refractivity contribution in [1.82, 2.24) is 10.2 Å². The maximum absolute atomic E-state index is 14.0. The molecule has 28 heavy (non-hydrogen) atoms. The Morgan fingerprint density at radius 1 is 1.25 bits per heavy atom. The van der Waals surface area contributed by atoms with Gasteiger partial charge in [-0.2, -0.15) is 0 Å². The number of ether oxygens (including phenoxy) is 1. The minimum atomic E-state index is -1.43. The predicted molar refractivity (Wildman–Crippen MR) is 98.7 cm³/mol. The number of halogens is 1. The first-order valence-corrected chi connectivity index (χ1v) is 9.56. The molecule has 3 aliphatic heterocycles. The fraction of sp³-hybridized carbons (Fsp3) is 0.550. The van der Waals surface area contributed by atoms with Crippen LogP contribution in [0.5, 0.6) is 0 Å². The maximum atomic E-state index is 14.0. The highest BCUT2D eigenvalue weighted by atomic mass is 19.1. The number of rotatable bonds is 5. The highest BCUT2D eigenvalue weighted by Gasteiger charge is 2.70. The molecule has 4 rings (SSSR count). The summed E-state index contributed by atoms with van der Waals surface area (Å²) in [6, 6.07) is 3.68. The van der Waals surface area contributed by atoms with Crippen LogP contribution in [0.25, 0.3) is 0 Å². The molecule has 8 heteroatoms. The van der Waals surface area contributed by atoms with Gasteiger partial charge in [0.1, 0.15) is 11.4 Å². The zero-order chi connectivity index (χ0) is 20.2. The van der Waals surface area contributed by atoms with Crippen molar-refractivity contribution in [1.29, 1.82) is 0 Å². The quantitative estimate of drug-likeness (QED) is 0.584. The number of benzene rings is 1. The molecule has 1 aromatic rings. The SMILES string of the molecule is COCCCN1C(=O)[C@H]2[C@@H](C1=O)[C@]1(N[C@H]2C(C)C)C(=O)Nc2ccc(F)cc21. The molecule has 4 atom stereocenters. The number of imide groups is 1. The number of likely N-dealkylation sites (tertiary alicyclic amines) is 1. The van der Waals surface area contributed by atoms with E-state index in [-0.39, 0.29) is 30.3 Å². The number of nitrogens with one attached hydrogen (secondary N) is 2. The van der Waals surface area contributed by atoms with Crippen LogP contribution in [-0.4, -0.2) is 48.9 Å². The monoisotopic (exact) mass is 389 g/mol. The summed E-state index contributed by atoms with van der Waals surface area (Å²) in [6.07, 6.45) is 0.525. The summed E-state index contributed by atoms with van der Waals surface area (Å²) in [5, 5.41) is 6.04. The van der Waals surface area contributed by atoms with E-state index in [0.717, 1.165) is 0 Å². The zero-order valence-corrected chi connectivity index (χ0v) is 16.1. The average Bonchev–Trinajstić information content (AvgIpc) is 3.23. The number of anilines is 1. The molecular weight excluding hydrogens is 365 g/mol. The van der Waals surface area contributed by atoms with Crippen LogP contribution >= 0.6 is 0 Å². The third-order valence-corrected chi connectivity index (χ3v) is 6.15. The van der Waals surface area contributed by atoms with Crippen molar-refractivity contribution in [3.05, 3.63) is 29.6 Å². The second kappa shape index (κ2) is 6.63. The third kappa shape index (κ3) is 2.44. The second-order valence-corrected chi connectivity index (χ2v) is 8.04. The lowest BCUT2D eigenvalue weighted by Gasteiger charge is -2.30. The van der Waals surface area contributed by atoms with E-state index in [1.807, 2.05) is 13.8 Å². The number of carbonyl (C=O) groups is 3. The van der Waals surface area contributed by atoms with Crippen LogP contribution in [0.3, 0.4) is 0 Å². The van der Waals surface area contributed by atoms with E-state index in [0.29, 0.717) is 24.3 Å². The van der Waals surface area contributed by atoms with Gasteiger partial charge < -0.3 is 10.1 Å². The summed E-state index contributed by atoms with van der Waals surface area (Å²) >= 11 is 0. The molecule has 3 amide bonds. The molecule has 2 N–H and O–H groups in total. The molecule has 0 saturated carbocycles. The molecule has 1 aromatic carbocycles. The lowest BCUT2D eigenvalue weighted by atomic mass is 9.76. The van der Waals surface area contributed by atoms with Crippen LogP contribution in [0, 0.1) is 23.6 Å². The van der Waals surface area contributed by atoms with Crippen molar-refractivity contribution in [2.75, 3.05) is 25.6 Å². The van der Waals surface area contributed by atoms with E-state index >= 15 is 0 Å². The van der Waals surface area contributed by atoms with Gasteiger partial charge in [0.2, 0.25) is 17.7 Å². The van der Waals surface area contributed by atoms with E-state index in [9.17, 15) is 18.8 Å². The first-order chi connectivity index (χ1) is 13.3. The molecule has 0 radical (unpaired) electrons. The molecule has 150 valence electrons. The van der Waals surface area contributed by atoms with Gasteiger partial charge in [0.15, 0.2) is 0 Å². The van der Waals surface area contributed by atoms with Gasteiger partial charge in [-0.05, 0) is 30.5 Å². The Morgan fingerprint density at radius 2 is 2.00 bits per heavy atom. The van der Waals surface area contributed by atoms with Crippen molar-refractivity contribution in [2.24, 2.45) is 17.8 Å². The average molecular weight is 389 g/mol. The van der Waals surface area contributed by atoms with Crippen LogP contribution in [0.1, 0.15) is 25.8 Å². The van der Waals surface area contributed by atoms with Crippen molar-refractivity contribution in [3.63, 3.8) is 0 Å². The topological polar surface area (TPSA) is 87.7 Å². The van der Waals surface area contributed by atoms with Gasteiger partial charge in [0.25, 0.3) is 0 Å². The Morgan fingerprint density at radius 3 is 2.68 bits per heavy atom. The van der Waals surface area contributed by atoms with E-state index in [1.54, 1.807) is 7.11 Å². The van der Waals surface area contributed by atoms with Gasteiger partial charge in [-0.3, -0.25) is 24.6 Å². The van der Waals surface area contributed by atoms with Gasteiger partial charge in [-0.1, -0.05) is 13.8 Å². The first-order valence-electron chi connectivity index (χ1n) is 9.56. The van der Waals surface area contributed by atoms with Gasteiger partial charge in [0, 0.05) is 37.6 Å². The van der Waals surface area contributed by atoms with Crippen molar-refractivity contribution >= 4 is 23.4 Å². The minimum Gasteiger partial charge on any atom is -0.385 e. The summed E-state index contributed by atoms with van der Waals surface area (Å²) in [4.78, 5) is 40.8. The Balaban J connectivity index is 1.81. The lowest BCUT2D eigenvalue weighted by molar-refractivity contribution is -0.143. The summed E-state index contributed by atoms with van der Waals surface area (Å²) in [5.74, 6) is -3.09. The van der Waals surface area contributed by atoms with E-state index in [4.69, 9.17) is 4.74 Å².